The van der Waals surface area contributed by atoms with Gasteiger partial charge in [-0.3, -0.25) is 0 Å². The Balaban J connectivity index is 2.11. The minimum absolute atomic E-state index is 0.213. The van der Waals surface area contributed by atoms with Gasteiger partial charge in [0, 0.05) is 24.9 Å². The van der Waals surface area contributed by atoms with Gasteiger partial charge in [0.05, 0.1) is 0 Å². The van der Waals surface area contributed by atoms with Crippen LogP contribution in [0.1, 0.15) is 53.5 Å². The van der Waals surface area contributed by atoms with E-state index in [0.717, 1.165) is 6.42 Å². The predicted molar refractivity (Wildman–Crippen MR) is 93.8 cm³/mol. The monoisotopic (exact) mass is 283 g/mol. The van der Waals surface area contributed by atoms with E-state index in [1.54, 1.807) is 0 Å². The van der Waals surface area contributed by atoms with Crippen molar-refractivity contribution in [3.63, 3.8) is 0 Å². The molecule has 0 spiro atoms. The van der Waals surface area contributed by atoms with Crippen molar-refractivity contribution in [3.05, 3.63) is 53.3 Å². The lowest BCUT2D eigenvalue weighted by atomic mass is 9.85. The van der Waals surface area contributed by atoms with Crippen LogP contribution in [0, 0.1) is 5.41 Å². The number of allylic oxidation sites excluding steroid dienone is 3. The van der Waals surface area contributed by atoms with Gasteiger partial charge in [0.25, 0.3) is 0 Å². The maximum atomic E-state index is 2.31. The van der Waals surface area contributed by atoms with Gasteiger partial charge in [-0.1, -0.05) is 65.3 Å². The minimum atomic E-state index is 0.213. The zero-order valence-corrected chi connectivity index (χ0v) is 14.6. The summed E-state index contributed by atoms with van der Waals surface area (Å²) < 4.78 is 0. The van der Waals surface area contributed by atoms with Crippen LogP contribution in [0.15, 0.2) is 47.7 Å². The second-order valence-electron chi connectivity index (χ2n) is 8.13. The summed E-state index contributed by atoms with van der Waals surface area (Å²) in [4.78, 5) is 2.31. The maximum absolute atomic E-state index is 2.31. The average Bonchev–Trinajstić information content (AvgIpc) is 2.86. The van der Waals surface area contributed by atoms with Gasteiger partial charge in [0.1, 0.15) is 0 Å². The Labute approximate surface area is 130 Å². The molecule has 2 rings (SSSR count). The van der Waals surface area contributed by atoms with Gasteiger partial charge in [-0.15, -0.1) is 0 Å². The summed E-state index contributed by atoms with van der Waals surface area (Å²) >= 11 is 0. The molecule has 0 atom stereocenters. The molecule has 0 unspecified atom stereocenters. The first-order valence-corrected chi connectivity index (χ1v) is 7.83. The number of nitrogens with zero attached hydrogens (tertiary/aromatic N) is 1. The van der Waals surface area contributed by atoms with E-state index in [9.17, 15) is 0 Å². The highest BCUT2D eigenvalue weighted by Gasteiger charge is 2.23. The van der Waals surface area contributed by atoms with Crippen LogP contribution in [0.2, 0.25) is 0 Å². The van der Waals surface area contributed by atoms with Gasteiger partial charge in [-0.05, 0) is 34.6 Å². The molecule has 1 nitrogen and oxygen atoms in total. The third kappa shape index (κ3) is 3.58. The summed E-state index contributed by atoms with van der Waals surface area (Å²) in [6.07, 6.45) is 5.61. The lowest BCUT2D eigenvalue weighted by molar-refractivity contribution is 0.493. The Bertz CT molecular complexity index is 559. The molecular formula is C20H29N. The SMILES string of the molecule is CN(C1=CC=C(C(C)(C)C)C1)c1ccc(C(C)(C)C)cc1. The molecule has 1 aliphatic carbocycles. The number of benzene rings is 1. The molecule has 1 aromatic rings. The maximum Gasteiger partial charge on any atom is 0.0405 e. The number of anilines is 1. The van der Waals surface area contributed by atoms with Crippen molar-refractivity contribution in [3.8, 4) is 0 Å². The van der Waals surface area contributed by atoms with Gasteiger partial charge in [-0.2, -0.15) is 0 Å². The molecule has 1 aliphatic rings. The molecule has 0 saturated carbocycles. The number of hydrogen-bond donors (Lipinski definition) is 0. The van der Waals surface area contributed by atoms with E-state index in [-0.39, 0.29) is 10.8 Å². The smallest absolute Gasteiger partial charge is 0.0405 e. The van der Waals surface area contributed by atoms with Crippen molar-refractivity contribution in [2.45, 2.75) is 53.4 Å². The van der Waals surface area contributed by atoms with E-state index in [1.807, 2.05) is 0 Å². The highest BCUT2D eigenvalue weighted by atomic mass is 15.1. The first kappa shape index (κ1) is 15.9. The van der Waals surface area contributed by atoms with Gasteiger partial charge in [0.15, 0.2) is 0 Å². The van der Waals surface area contributed by atoms with Crippen LogP contribution in [0.25, 0.3) is 0 Å². The molecule has 0 N–H and O–H groups in total. The van der Waals surface area contributed by atoms with Crippen molar-refractivity contribution in [2.75, 3.05) is 11.9 Å². The van der Waals surface area contributed by atoms with Crippen LogP contribution in [0.5, 0.6) is 0 Å². The Kier molecular flexibility index (Phi) is 4.06. The fourth-order valence-corrected chi connectivity index (χ4v) is 2.61. The summed E-state index contributed by atoms with van der Waals surface area (Å²) in [5.74, 6) is 0. The Morgan fingerprint density at radius 2 is 1.38 bits per heavy atom. The lowest BCUT2D eigenvalue weighted by Gasteiger charge is -2.26. The van der Waals surface area contributed by atoms with Gasteiger partial charge >= 0.3 is 0 Å². The van der Waals surface area contributed by atoms with E-state index in [2.05, 4.69) is 89.9 Å². The van der Waals surface area contributed by atoms with Crippen LogP contribution in [-0.2, 0) is 5.41 Å². The minimum Gasteiger partial charge on any atom is -0.348 e. The second kappa shape index (κ2) is 5.36. The van der Waals surface area contributed by atoms with Crippen molar-refractivity contribution < 1.29 is 0 Å². The van der Waals surface area contributed by atoms with Gasteiger partial charge in [0.2, 0.25) is 0 Å². The van der Waals surface area contributed by atoms with E-state index in [4.69, 9.17) is 0 Å². The second-order valence-corrected chi connectivity index (χ2v) is 8.13. The van der Waals surface area contributed by atoms with Crippen molar-refractivity contribution in [1.82, 2.24) is 0 Å². The molecule has 0 bridgehead atoms. The predicted octanol–water partition coefficient (Wildman–Crippen LogP) is 5.68. The van der Waals surface area contributed by atoms with Gasteiger partial charge in [-0.25, -0.2) is 0 Å². The van der Waals surface area contributed by atoms with Crippen molar-refractivity contribution in [1.29, 1.82) is 0 Å². The summed E-state index contributed by atoms with van der Waals surface area (Å²) in [5, 5.41) is 0. The topological polar surface area (TPSA) is 3.24 Å². The molecule has 1 heteroatoms. The molecular weight excluding hydrogens is 254 g/mol. The molecule has 0 amide bonds. The largest absolute Gasteiger partial charge is 0.348 e. The highest BCUT2D eigenvalue weighted by molar-refractivity contribution is 5.55. The van der Waals surface area contributed by atoms with Crippen LogP contribution >= 0.6 is 0 Å². The molecule has 114 valence electrons. The Hall–Kier alpha value is -1.50. The molecule has 0 heterocycles. The molecule has 0 fully saturated rings. The highest BCUT2D eigenvalue weighted by Crippen LogP contribution is 2.36. The summed E-state index contributed by atoms with van der Waals surface area (Å²) in [7, 11) is 2.16. The standard InChI is InChI=1S/C20H29N/c1-19(2,3)15-8-11-17(12-9-15)21(7)18-13-10-16(14-18)20(4,5)6/h8-13H,14H2,1-7H3. The summed E-state index contributed by atoms with van der Waals surface area (Å²) in [5.41, 5.74) is 6.00. The Morgan fingerprint density at radius 3 is 1.81 bits per heavy atom. The number of hydrogen-bond acceptors (Lipinski definition) is 1. The third-order valence-electron chi connectivity index (χ3n) is 4.36. The fourth-order valence-electron chi connectivity index (χ4n) is 2.61. The lowest BCUT2D eigenvalue weighted by Crippen LogP contribution is -2.18. The van der Waals surface area contributed by atoms with Crippen molar-refractivity contribution >= 4 is 5.69 Å². The molecule has 0 aromatic heterocycles. The van der Waals surface area contributed by atoms with Crippen LogP contribution in [-0.4, -0.2) is 7.05 Å². The van der Waals surface area contributed by atoms with Crippen LogP contribution in [0.4, 0.5) is 5.69 Å². The molecule has 0 saturated heterocycles. The molecule has 0 aliphatic heterocycles. The summed E-state index contributed by atoms with van der Waals surface area (Å²) in [6.45, 7) is 13.6. The van der Waals surface area contributed by atoms with Crippen LogP contribution in [0.3, 0.4) is 0 Å². The zero-order chi connectivity index (χ0) is 15.8. The molecule has 0 radical (unpaired) electrons. The fraction of sp³-hybridized carbons (Fsp3) is 0.500. The normalized spacial score (nSPS) is 15.8. The molecule has 1 aromatic carbocycles. The Morgan fingerprint density at radius 1 is 0.810 bits per heavy atom. The third-order valence-corrected chi connectivity index (χ3v) is 4.36. The quantitative estimate of drug-likeness (QED) is 0.675. The van der Waals surface area contributed by atoms with E-state index < -0.39 is 0 Å². The van der Waals surface area contributed by atoms with E-state index >= 15 is 0 Å². The van der Waals surface area contributed by atoms with E-state index in [0.29, 0.717) is 0 Å². The first-order chi connectivity index (χ1) is 9.59. The number of rotatable bonds is 2. The summed E-state index contributed by atoms with van der Waals surface area (Å²) in [6, 6.07) is 8.96. The van der Waals surface area contributed by atoms with Gasteiger partial charge < -0.3 is 4.90 Å². The molecule has 21 heavy (non-hydrogen) atoms. The zero-order valence-electron chi connectivity index (χ0n) is 14.6. The van der Waals surface area contributed by atoms with E-state index in [1.165, 1.54) is 22.5 Å². The first-order valence-electron chi connectivity index (χ1n) is 7.83. The van der Waals surface area contributed by atoms with Crippen LogP contribution < -0.4 is 4.90 Å². The average molecular weight is 283 g/mol. The van der Waals surface area contributed by atoms with Crippen molar-refractivity contribution in [2.24, 2.45) is 5.41 Å².